The number of fused-ring (bicyclic) bond motifs is 1. The summed E-state index contributed by atoms with van der Waals surface area (Å²) in [6, 6.07) is 0.0787. The summed E-state index contributed by atoms with van der Waals surface area (Å²) in [6.07, 6.45) is 1.52. The number of hydroxylamine groups is 1. The van der Waals surface area contributed by atoms with E-state index in [1.54, 1.807) is 0 Å². The fraction of sp³-hybridized carbons (Fsp3) is 0.900. The van der Waals surface area contributed by atoms with Crippen molar-refractivity contribution in [2.75, 3.05) is 0 Å². The highest BCUT2D eigenvalue weighted by molar-refractivity contribution is 5.56. The second kappa shape index (κ2) is 3.95. The lowest BCUT2D eigenvalue weighted by atomic mass is 9.74. The van der Waals surface area contributed by atoms with Gasteiger partial charge in [-0.05, 0) is 25.2 Å². The molecule has 0 bridgehead atoms. The zero-order chi connectivity index (χ0) is 10.1. The van der Waals surface area contributed by atoms with Crippen molar-refractivity contribution in [1.29, 1.82) is 0 Å². The van der Waals surface area contributed by atoms with Gasteiger partial charge >= 0.3 is 0 Å². The molecule has 0 amide bonds. The van der Waals surface area contributed by atoms with Gasteiger partial charge in [-0.2, -0.15) is 5.48 Å². The van der Waals surface area contributed by atoms with Gasteiger partial charge < -0.3 is 4.79 Å². The maximum atomic E-state index is 13.6. The number of hydrogen-bond donors (Lipinski definition) is 1. The van der Waals surface area contributed by atoms with Gasteiger partial charge in [0.2, 0.25) is 0 Å². The lowest BCUT2D eigenvalue weighted by Crippen LogP contribution is -2.54. The topological polar surface area (TPSA) is 38.3 Å². The summed E-state index contributed by atoms with van der Waals surface area (Å²) in [6.45, 7) is 2.10. The van der Waals surface area contributed by atoms with E-state index in [1.165, 1.54) is 0 Å². The minimum absolute atomic E-state index is 0.0531. The SMILES string of the molecule is CC1CCC(F)C2CC(C=O)ONC12. The van der Waals surface area contributed by atoms with Crippen molar-refractivity contribution in [2.45, 2.75) is 44.5 Å². The number of hydrogen-bond acceptors (Lipinski definition) is 3. The Kier molecular flexibility index (Phi) is 2.83. The molecule has 80 valence electrons. The fourth-order valence-electron chi connectivity index (χ4n) is 2.53. The van der Waals surface area contributed by atoms with Crippen molar-refractivity contribution in [3.05, 3.63) is 0 Å². The average molecular weight is 201 g/mol. The summed E-state index contributed by atoms with van der Waals surface area (Å²) < 4.78 is 13.6. The van der Waals surface area contributed by atoms with Gasteiger partial charge in [-0.25, -0.2) is 4.39 Å². The molecular weight excluding hydrogens is 185 g/mol. The van der Waals surface area contributed by atoms with Gasteiger partial charge in [-0.1, -0.05) is 6.92 Å². The number of rotatable bonds is 1. The van der Waals surface area contributed by atoms with E-state index in [1.807, 2.05) is 0 Å². The molecule has 0 aromatic carbocycles. The van der Waals surface area contributed by atoms with Crippen molar-refractivity contribution in [1.82, 2.24) is 5.48 Å². The van der Waals surface area contributed by atoms with Gasteiger partial charge in [0, 0.05) is 12.0 Å². The van der Waals surface area contributed by atoms with Crippen LogP contribution in [-0.4, -0.2) is 24.6 Å². The van der Waals surface area contributed by atoms with Crippen LogP contribution < -0.4 is 5.48 Å². The summed E-state index contributed by atoms with van der Waals surface area (Å²) in [4.78, 5) is 15.7. The van der Waals surface area contributed by atoms with Gasteiger partial charge in [0.05, 0.1) is 0 Å². The summed E-state index contributed by atoms with van der Waals surface area (Å²) in [7, 11) is 0. The summed E-state index contributed by atoms with van der Waals surface area (Å²) in [5.41, 5.74) is 2.83. The Hall–Kier alpha value is -0.480. The molecule has 1 aliphatic heterocycles. The van der Waals surface area contributed by atoms with E-state index in [-0.39, 0.29) is 12.0 Å². The van der Waals surface area contributed by atoms with Crippen LogP contribution in [0.25, 0.3) is 0 Å². The molecule has 0 aromatic heterocycles. The highest BCUT2D eigenvalue weighted by Gasteiger charge is 2.42. The molecule has 0 aromatic rings. The average Bonchev–Trinajstić information content (AvgIpc) is 2.23. The van der Waals surface area contributed by atoms with Gasteiger partial charge in [0.25, 0.3) is 0 Å². The van der Waals surface area contributed by atoms with Crippen molar-refractivity contribution in [3.63, 3.8) is 0 Å². The molecule has 1 aliphatic carbocycles. The molecule has 2 rings (SSSR count). The van der Waals surface area contributed by atoms with Crippen molar-refractivity contribution in [3.8, 4) is 0 Å². The lowest BCUT2D eigenvalue weighted by Gasteiger charge is -2.43. The number of halogens is 1. The molecule has 2 fully saturated rings. The molecule has 14 heavy (non-hydrogen) atoms. The van der Waals surface area contributed by atoms with Crippen molar-refractivity contribution < 1.29 is 14.0 Å². The van der Waals surface area contributed by atoms with E-state index < -0.39 is 12.3 Å². The van der Waals surface area contributed by atoms with Crippen LogP contribution in [0.15, 0.2) is 0 Å². The molecule has 0 radical (unpaired) electrons. The van der Waals surface area contributed by atoms with E-state index in [2.05, 4.69) is 12.4 Å². The highest BCUT2D eigenvalue weighted by Crippen LogP contribution is 2.36. The van der Waals surface area contributed by atoms with Crippen molar-refractivity contribution in [2.24, 2.45) is 11.8 Å². The molecule has 0 spiro atoms. The minimum Gasteiger partial charge on any atom is -0.300 e. The standard InChI is InChI=1S/C10H16FNO2/c1-6-2-3-9(11)8-4-7(5-13)14-12-10(6)8/h5-10,12H,2-4H2,1H3. The molecule has 3 nitrogen and oxygen atoms in total. The van der Waals surface area contributed by atoms with Crippen LogP contribution in [0.3, 0.4) is 0 Å². The Balaban J connectivity index is 2.06. The van der Waals surface area contributed by atoms with E-state index in [0.29, 0.717) is 18.8 Å². The Labute approximate surface area is 83.0 Å². The van der Waals surface area contributed by atoms with E-state index in [4.69, 9.17) is 4.84 Å². The smallest absolute Gasteiger partial charge is 0.150 e. The molecular formula is C10H16FNO2. The first-order valence-electron chi connectivity index (χ1n) is 5.23. The Morgan fingerprint density at radius 2 is 2.29 bits per heavy atom. The maximum Gasteiger partial charge on any atom is 0.150 e. The predicted octanol–water partition coefficient (Wildman–Crippen LogP) is 1.23. The van der Waals surface area contributed by atoms with Gasteiger partial charge in [0.15, 0.2) is 6.29 Å². The molecule has 1 N–H and O–H groups in total. The van der Waals surface area contributed by atoms with Gasteiger partial charge in [0.1, 0.15) is 12.3 Å². The first kappa shape index (κ1) is 10.1. The molecule has 1 saturated carbocycles. The van der Waals surface area contributed by atoms with Crippen LogP contribution in [0.2, 0.25) is 0 Å². The molecule has 5 unspecified atom stereocenters. The second-order valence-corrected chi connectivity index (χ2v) is 4.41. The summed E-state index contributed by atoms with van der Waals surface area (Å²) in [5, 5.41) is 0. The number of carbonyl (C=O) groups is 1. The largest absolute Gasteiger partial charge is 0.300 e. The third-order valence-electron chi connectivity index (χ3n) is 3.45. The normalized spacial score (nSPS) is 48.3. The third kappa shape index (κ3) is 1.68. The van der Waals surface area contributed by atoms with E-state index >= 15 is 0 Å². The number of nitrogens with one attached hydrogen (secondary N) is 1. The Morgan fingerprint density at radius 1 is 1.50 bits per heavy atom. The van der Waals surface area contributed by atoms with Gasteiger partial charge in [-0.3, -0.25) is 4.84 Å². The first-order valence-corrected chi connectivity index (χ1v) is 5.23. The van der Waals surface area contributed by atoms with E-state index in [9.17, 15) is 9.18 Å². The molecule has 1 heterocycles. The van der Waals surface area contributed by atoms with Crippen LogP contribution in [-0.2, 0) is 9.63 Å². The fourth-order valence-corrected chi connectivity index (χ4v) is 2.53. The van der Waals surface area contributed by atoms with Crippen LogP contribution in [0.5, 0.6) is 0 Å². The summed E-state index contributed by atoms with van der Waals surface area (Å²) >= 11 is 0. The predicted molar refractivity (Wildman–Crippen MR) is 49.3 cm³/mol. The summed E-state index contributed by atoms with van der Waals surface area (Å²) in [5.74, 6) is 0.377. The van der Waals surface area contributed by atoms with E-state index in [0.717, 1.165) is 12.7 Å². The molecule has 5 atom stereocenters. The Bertz CT molecular complexity index is 224. The highest BCUT2D eigenvalue weighted by atomic mass is 19.1. The number of alkyl halides is 1. The lowest BCUT2D eigenvalue weighted by molar-refractivity contribution is -0.151. The quantitative estimate of drug-likeness (QED) is 0.648. The maximum absolute atomic E-state index is 13.6. The minimum atomic E-state index is -0.782. The van der Waals surface area contributed by atoms with Crippen molar-refractivity contribution >= 4 is 6.29 Å². The molecule has 1 saturated heterocycles. The first-order chi connectivity index (χ1) is 6.72. The van der Waals surface area contributed by atoms with Gasteiger partial charge in [-0.15, -0.1) is 0 Å². The monoisotopic (exact) mass is 201 g/mol. The molecule has 2 aliphatic rings. The third-order valence-corrected chi connectivity index (χ3v) is 3.45. The number of carbonyl (C=O) groups excluding carboxylic acids is 1. The second-order valence-electron chi connectivity index (χ2n) is 4.41. The zero-order valence-electron chi connectivity index (χ0n) is 8.28. The van der Waals surface area contributed by atoms with Crippen LogP contribution in [0, 0.1) is 11.8 Å². The van der Waals surface area contributed by atoms with Crippen LogP contribution in [0.1, 0.15) is 26.2 Å². The van der Waals surface area contributed by atoms with Crippen LogP contribution >= 0.6 is 0 Å². The zero-order valence-corrected chi connectivity index (χ0v) is 8.28. The molecule has 4 heteroatoms. The number of aldehydes is 1. The van der Waals surface area contributed by atoms with Crippen LogP contribution in [0.4, 0.5) is 4.39 Å². The Morgan fingerprint density at radius 3 is 3.00 bits per heavy atom.